The van der Waals surface area contributed by atoms with E-state index in [9.17, 15) is 8.42 Å². The number of hydrogen-bond donors (Lipinski definition) is 1. The molecule has 1 aromatic rings. The van der Waals surface area contributed by atoms with Crippen molar-refractivity contribution in [3.8, 4) is 0 Å². The Morgan fingerprint density at radius 3 is 2.32 bits per heavy atom. The van der Waals surface area contributed by atoms with E-state index in [0.717, 1.165) is 0 Å². The molecule has 0 spiro atoms. The maximum absolute atomic E-state index is 12.5. The standard InChI is InChI=1S/C12H22ClN3O2S/c1-8(2)11(6-7-13)15-19(17,18)12-9(3)14-16(5)10(12)4/h8,11,15H,6-7H2,1-5H3. The van der Waals surface area contributed by atoms with E-state index in [1.807, 2.05) is 13.8 Å². The van der Waals surface area contributed by atoms with Gasteiger partial charge >= 0.3 is 0 Å². The lowest BCUT2D eigenvalue weighted by molar-refractivity contribution is 0.438. The summed E-state index contributed by atoms with van der Waals surface area (Å²) in [6.07, 6.45) is 0.608. The number of rotatable bonds is 6. The molecule has 7 heteroatoms. The van der Waals surface area contributed by atoms with Crippen LogP contribution in [0.4, 0.5) is 0 Å². The predicted molar refractivity (Wildman–Crippen MR) is 77.0 cm³/mol. The van der Waals surface area contributed by atoms with Crippen molar-refractivity contribution in [2.45, 2.75) is 45.1 Å². The lowest BCUT2D eigenvalue weighted by Crippen LogP contribution is -2.39. The molecular weight excluding hydrogens is 286 g/mol. The molecule has 1 heterocycles. The molecule has 1 aromatic heterocycles. The van der Waals surface area contributed by atoms with Gasteiger partial charge in [-0.2, -0.15) is 5.10 Å². The zero-order chi connectivity index (χ0) is 14.8. The van der Waals surface area contributed by atoms with Gasteiger partial charge in [-0.15, -0.1) is 11.6 Å². The second-order valence-corrected chi connectivity index (χ2v) is 7.10. The van der Waals surface area contributed by atoms with Crippen LogP contribution in [-0.4, -0.2) is 30.1 Å². The van der Waals surface area contributed by atoms with Gasteiger partial charge in [0.05, 0.1) is 11.4 Å². The molecule has 5 nitrogen and oxygen atoms in total. The fourth-order valence-electron chi connectivity index (χ4n) is 2.05. The molecule has 0 aliphatic heterocycles. The molecule has 0 aliphatic carbocycles. The Morgan fingerprint density at radius 1 is 1.37 bits per heavy atom. The number of hydrogen-bond acceptors (Lipinski definition) is 3. The molecule has 1 N–H and O–H groups in total. The van der Waals surface area contributed by atoms with Crippen molar-refractivity contribution >= 4 is 21.6 Å². The first-order valence-corrected chi connectivity index (χ1v) is 8.31. The third kappa shape index (κ3) is 3.70. The van der Waals surface area contributed by atoms with E-state index in [2.05, 4.69) is 9.82 Å². The Morgan fingerprint density at radius 2 is 1.95 bits per heavy atom. The van der Waals surface area contributed by atoms with E-state index < -0.39 is 10.0 Å². The van der Waals surface area contributed by atoms with Crippen LogP contribution in [0.3, 0.4) is 0 Å². The SMILES string of the molecule is Cc1nn(C)c(C)c1S(=O)(=O)NC(CCCl)C(C)C. The average molecular weight is 308 g/mol. The summed E-state index contributed by atoms with van der Waals surface area (Å²) in [6.45, 7) is 7.40. The monoisotopic (exact) mass is 307 g/mol. The third-order valence-corrected chi connectivity index (χ3v) is 5.20. The summed E-state index contributed by atoms with van der Waals surface area (Å²) in [5, 5.41) is 4.15. The minimum atomic E-state index is -3.56. The van der Waals surface area contributed by atoms with E-state index in [4.69, 9.17) is 11.6 Å². The lowest BCUT2D eigenvalue weighted by atomic mass is 10.0. The topological polar surface area (TPSA) is 64.0 Å². The smallest absolute Gasteiger partial charge is 0.244 e. The number of sulfonamides is 1. The molecule has 0 aromatic carbocycles. The van der Waals surface area contributed by atoms with Crippen LogP contribution in [0.2, 0.25) is 0 Å². The molecule has 0 amide bonds. The van der Waals surface area contributed by atoms with E-state index in [0.29, 0.717) is 23.7 Å². The summed E-state index contributed by atoms with van der Waals surface area (Å²) in [5.41, 5.74) is 1.15. The predicted octanol–water partition coefficient (Wildman–Crippen LogP) is 1.97. The minimum Gasteiger partial charge on any atom is -0.271 e. The molecule has 0 aliphatic rings. The molecule has 0 saturated heterocycles. The molecule has 1 rings (SSSR count). The van der Waals surface area contributed by atoms with Crippen molar-refractivity contribution < 1.29 is 8.42 Å². The Labute approximate surface area is 120 Å². The Balaban J connectivity index is 3.10. The number of nitrogens with zero attached hydrogens (tertiary/aromatic N) is 2. The van der Waals surface area contributed by atoms with Crippen LogP contribution in [0, 0.1) is 19.8 Å². The molecule has 0 fully saturated rings. The normalized spacial score (nSPS) is 14.1. The maximum Gasteiger partial charge on any atom is 0.244 e. The average Bonchev–Trinajstić information content (AvgIpc) is 2.52. The fourth-order valence-corrected chi connectivity index (χ4v) is 4.14. The minimum absolute atomic E-state index is 0.165. The first-order chi connectivity index (χ1) is 8.70. The van der Waals surface area contributed by atoms with Crippen LogP contribution in [0.15, 0.2) is 4.90 Å². The number of aryl methyl sites for hydroxylation is 2. The Kier molecular flexibility index (Phi) is 5.41. The van der Waals surface area contributed by atoms with Gasteiger partial charge in [0.1, 0.15) is 4.90 Å². The van der Waals surface area contributed by atoms with E-state index in [1.165, 1.54) is 0 Å². The Hall–Kier alpha value is -0.590. The van der Waals surface area contributed by atoms with Crippen molar-refractivity contribution in [1.82, 2.24) is 14.5 Å². The molecule has 0 saturated carbocycles. The van der Waals surface area contributed by atoms with Crippen LogP contribution in [0.25, 0.3) is 0 Å². The van der Waals surface area contributed by atoms with Gasteiger partial charge in [-0.25, -0.2) is 13.1 Å². The van der Waals surface area contributed by atoms with Crippen LogP contribution < -0.4 is 4.72 Å². The summed E-state index contributed by atoms with van der Waals surface area (Å²) in [5.74, 6) is 0.613. The number of halogens is 1. The van der Waals surface area contributed by atoms with Gasteiger partial charge in [-0.3, -0.25) is 4.68 Å². The summed E-state index contributed by atoms with van der Waals surface area (Å²) >= 11 is 5.73. The maximum atomic E-state index is 12.5. The van der Waals surface area contributed by atoms with Crippen LogP contribution in [-0.2, 0) is 17.1 Å². The fraction of sp³-hybridized carbons (Fsp3) is 0.750. The molecule has 1 atom stereocenters. The molecule has 1 unspecified atom stereocenters. The highest BCUT2D eigenvalue weighted by molar-refractivity contribution is 7.89. The summed E-state index contributed by atoms with van der Waals surface area (Å²) in [7, 11) is -1.82. The van der Waals surface area contributed by atoms with Gasteiger partial charge in [-0.05, 0) is 26.2 Å². The lowest BCUT2D eigenvalue weighted by Gasteiger charge is -2.21. The highest BCUT2D eigenvalue weighted by Crippen LogP contribution is 2.20. The van der Waals surface area contributed by atoms with Crippen molar-refractivity contribution in [3.63, 3.8) is 0 Å². The van der Waals surface area contributed by atoms with Crippen LogP contribution >= 0.6 is 11.6 Å². The first kappa shape index (κ1) is 16.5. The first-order valence-electron chi connectivity index (χ1n) is 6.29. The second-order valence-electron chi connectivity index (χ2n) is 5.07. The van der Waals surface area contributed by atoms with Gasteiger partial charge in [0.15, 0.2) is 0 Å². The van der Waals surface area contributed by atoms with Crippen LogP contribution in [0.5, 0.6) is 0 Å². The van der Waals surface area contributed by atoms with E-state index in [-0.39, 0.29) is 16.9 Å². The highest BCUT2D eigenvalue weighted by Gasteiger charge is 2.27. The highest BCUT2D eigenvalue weighted by atomic mass is 35.5. The van der Waals surface area contributed by atoms with Gasteiger partial charge in [0.25, 0.3) is 0 Å². The van der Waals surface area contributed by atoms with E-state index in [1.54, 1.807) is 25.6 Å². The molecule has 19 heavy (non-hydrogen) atoms. The van der Waals surface area contributed by atoms with Crippen molar-refractivity contribution in [3.05, 3.63) is 11.4 Å². The number of aromatic nitrogens is 2. The molecular formula is C12H22ClN3O2S. The zero-order valence-electron chi connectivity index (χ0n) is 12.1. The van der Waals surface area contributed by atoms with Crippen LogP contribution in [0.1, 0.15) is 31.7 Å². The summed E-state index contributed by atoms with van der Waals surface area (Å²) < 4.78 is 29.3. The number of nitrogens with one attached hydrogen (secondary N) is 1. The summed E-state index contributed by atoms with van der Waals surface area (Å²) in [6, 6.07) is -0.165. The largest absolute Gasteiger partial charge is 0.271 e. The van der Waals surface area contributed by atoms with Gasteiger partial charge < -0.3 is 0 Å². The quantitative estimate of drug-likeness (QED) is 0.817. The molecule has 110 valence electrons. The van der Waals surface area contributed by atoms with Crippen molar-refractivity contribution in [1.29, 1.82) is 0 Å². The zero-order valence-corrected chi connectivity index (χ0v) is 13.6. The van der Waals surface area contributed by atoms with Crippen molar-refractivity contribution in [2.75, 3.05) is 5.88 Å². The van der Waals surface area contributed by atoms with Gasteiger partial charge in [0.2, 0.25) is 10.0 Å². The summed E-state index contributed by atoms with van der Waals surface area (Å²) in [4.78, 5) is 0.273. The van der Waals surface area contributed by atoms with Crippen molar-refractivity contribution in [2.24, 2.45) is 13.0 Å². The Bertz CT molecular complexity index is 537. The molecule has 0 bridgehead atoms. The second kappa shape index (κ2) is 6.24. The van der Waals surface area contributed by atoms with Gasteiger partial charge in [0, 0.05) is 19.0 Å². The third-order valence-electron chi connectivity index (χ3n) is 3.24. The van der Waals surface area contributed by atoms with E-state index >= 15 is 0 Å². The molecule has 0 radical (unpaired) electrons. The number of alkyl halides is 1. The van der Waals surface area contributed by atoms with Gasteiger partial charge in [-0.1, -0.05) is 13.8 Å².